The minimum atomic E-state index is -3.64. The van der Waals surface area contributed by atoms with Crippen LogP contribution < -0.4 is 10.5 Å². The van der Waals surface area contributed by atoms with Crippen LogP contribution in [0.2, 0.25) is 0 Å². The lowest BCUT2D eigenvalue weighted by atomic mass is 9.93. The standard InChI is InChI=1S/C15H20N2O3S/c16-21(19,20)14-8-6-12(7-9-14)10-11-17-15(18)13-4-2-1-3-5-13/h1-2,6-9,13H,3-5,10-11H2,(H,17,18)(H2,16,19,20)/t13-/m1/s1. The van der Waals surface area contributed by atoms with Crippen molar-refractivity contribution in [3.63, 3.8) is 0 Å². The van der Waals surface area contributed by atoms with Crippen molar-refractivity contribution in [3.05, 3.63) is 42.0 Å². The molecule has 3 N–H and O–H groups in total. The molecule has 6 heteroatoms. The van der Waals surface area contributed by atoms with Crippen molar-refractivity contribution < 1.29 is 13.2 Å². The first-order chi connectivity index (χ1) is 9.97. The summed E-state index contributed by atoms with van der Waals surface area (Å²) in [5.74, 6) is 0.181. The van der Waals surface area contributed by atoms with Gasteiger partial charge in [0.2, 0.25) is 15.9 Å². The number of sulfonamides is 1. The number of amides is 1. The first-order valence-corrected chi connectivity index (χ1v) is 8.56. The van der Waals surface area contributed by atoms with Gasteiger partial charge >= 0.3 is 0 Å². The summed E-state index contributed by atoms with van der Waals surface area (Å²) in [6, 6.07) is 6.40. The number of nitrogens with two attached hydrogens (primary N) is 1. The first kappa shape index (κ1) is 15.7. The lowest BCUT2D eigenvalue weighted by Gasteiger charge is -2.17. The number of nitrogens with one attached hydrogen (secondary N) is 1. The Hall–Kier alpha value is -1.66. The van der Waals surface area contributed by atoms with Crippen molar-refractivity contribution in [2.75, 3.05) is 6.54 Å². The highest BCUT2D eigenvalue weighted by Crippen LogP contribution is 2.18. The molecule has 1 aromatic rings. The topological polar surface area (TPSA) is 89.3 Å². The summed E-state index contributed by atoms with van der Waals surface area (Å²) < 4.78 is 22.3. The zero-order chi connectivity index (χ0) is 15.3. The fraction of sp³-hybridized carbons (Fsp3) is 0.400. The second-order valence-corrected chi connectivity index (χ2v) is 6.77. The fourth-order valence-electron chi connectivity index (χ4n) is 2.35. The summed E-state index contributed by atoms with van der Waals surface area (Å²) >= 11 is 0. The van der Waals surface area contributed by atoms with Crippen LogP contribution in [0.3, 0.4) is 0 Å². The lowest BCUT2D eigenvalue weighted by Crippen LogP contribution is -2.32. The predicted octanol–water partition coefficient (Wildman–Crippen LogP) is 1.35. The van der Waals surface area contributed by atoms with E-state index in [4.69, 9.17) is 5.14 Å². The van der Waals surface area contributed by atoms with E-state index in [0.29, 0.717) is 13.0 Å². The maximum atomic E-state index is 11.9. The Morgan fingerprint density at radius 3 is 2.52 bits per heavy atom. The van der Waals surface area contributed by atoms with Gasteiger partial charge in [0, 0.05) is 12.5 Å². The van der Waals surface area contributed by atoms with Crippen LogP contribution in [0.25, 0.3) is 0 Å². The average molecular weight is 308 g/mol. The molecule has 1 aromatic carbocycles. The van der Waals surface area contributed by atoms with Gasteiger partial charge in [0.1, 0.15) is 0 Å². The zero-order valence-corrected chi connectivity index (χ0v) is 12.6. The van der Waals surface area contributed by atoms with Gasteiger partial charge in [0.15, 0.2) is 0 Å². The smallest absolute Gasteiger partial charge is 0.238 e. The quantitative estimate of drug-likeness (QED) is 0.805. The third kappa shape index (κ3) is 4.68. The summed E-state index contributed by atoms with van der Waals surface area (Å²) in [6.45, 7) is 0.549. The number of allylic oxidation sites excluding steroid dienone is 2. The maximum Gasteiger partial charge on any atom is 0.238 e. The maximum absolute atomic E-state index is 11.9. The number of carbonyl (C=O) groups excluding carboxylic acids is 1. The molecular weight excluding hydrogens is 288 g/mol. The van der Waals surface area contributed by atoms with E-state index in [0.717, 1.165) is 24.8 Å². The van der Waals surface area contributed by atoms with Crippen molar-refractivity contribution in [1.82, 2.24) is 5.32 Å². The summed E-state index contributed by atoms with van der Waals surface area (Å²) in [6.07, 6.45) is 7.52. The van der Waals surface area contributed by atoms with Gasteiger partial charge in [0.05, 0.1) is 4.90 Å². The van der Waals surface area contributed by atoms with Crippen LogP contribution in [0.5, 0.6) is 0 Å². The van der Waals surface area contributed by atoms with E-state index in [1.807, 2.05) is 0 Å². The summed E-state index contributed by atoms with van der Waals surface area (Å²) in [5.41, 5.74) is 0.964. The molecule has 0 radical (unpaired) electrons. The zero-order valence-electron chi connectivity index (χ0n) is 11.8. The van der Waals surface area contributed by atoms with Crippen LogP contribution >= 0.6 is 0 Å². The van der Waals surface area contributed by atoms with Crippen molar-refractivity contribution in [2.24, 2.45) is 11.1 Å². The predicted molar refractivity (Wildman–Crippen MR) is 81.0 cm³/mol. The van der Waals surface area contributed by atoms with Crippen molar-refractivity contribution in [1.29, 1.82) is 0 Å². The fourth-order valence-corrected chi connectivity index (χ4v) is 2.87. The van der Waals surface area contributed by atoms with Crippen LogP contribution in [0, 0.1) is 5.92 Å². The highest BCUT2D eigenvalue weighted by molar-refractivity contribution is 7.89. The van der Waals surface area contributed by atoms with Crippen LogP contribution in [-0.2, 0) is 21.2 Å². The minimum Gasteiger partial charge on any atom is -0.356 e. The van der Waals surface area contributed by atoms with Gasteiger partial charge in [-0.1, -0.05) is 24.3 Å². The number of carbonyl (C=O) groups is 1. The molecule has 0 aromatic heterocycles. The van der Waals surface area contributed by atoms with E-state index >= 15 is 0 Å². The molecule has 1 aliphatic carbocycles. The largest absolute Gasteiger partial charge is 0.356 e. The van der Waals surface area contributed by atoms with Crippen LogP contribution in [0.15, 0.2) is 41.3 Å². The first-order valence-electron chi connectivity index (χ1n) is 7.01. The van der Waals surface area contributed by atoms with E-state index in [-0.39, 0.29) is 16.7 Å². The van der Waals surface area contributed by atoms with Crippen molar-refractivity contribution >= 4 is 15.9 Å². The summed E-state index contributed by atoms with van der Waals surface area (Å²) in [5, 5.41) is 7.97. The molecule has 1 amide bonds. The molecule has 0 bridgehead atoms. The number of hydrogen-bond donors (Lipinski definition) is 2. The molecule has 0 fully saturated rings. The third-order valence-corrected chi connectivity index (χ3v) is 4.53. The average Bonchev–Trinajstić information content (AvgIpc) is 2.47. The van der Waals surface area contributed by atoms with E-state index < -0.39 is 10.0 Å². The van der Waals surface area contributed by atoms with Gasteiger partial charge in [-0.05, 0) is 43.4 Å². The highest BCUT2D eigenvalue weighted by atomic mass is 32.2. The number of rotatable bonds is 5. The molecule has 0 heterocycles. The Labute approximate surface area is 125 Å². The van der Waals surface area contributed by atoms with Crippen LogP contribution in [-0.4, -0.2) is 20.9 Å². The summed E-state index contributed by atoms with van der Waals surface area (Å²) in [4.78, 5) is 12.0. The lowest BCUT2D eigenvalue weighted by molar-refractivity contribution is -0.125. The van der Waals surface area contributed by atoms with E-state index in [2.05, 4.69) is 17.5 Å². The number of benzene rings is 1. The van der Waals surface area contributed by atoms with E-state index in [1.54, 1.807) is 12.1 Å². The Kier molecular flexibility index (Phi) is 5.14. The number of hydrogen-bond acceptors (Lipinski definition) is 3. The number of primary sulfonamides is 1. The molecule has 0 saturated heterocycles. The molecule has 114 valence electrons. The molecule has 2 rings (SSSR count). The molecule has 1 atom stereocenters. The molecule has 0 saturated carbocycles. The molecule has 0 aliphatic heterocycles. The van der Waals surface area contributed by atoms with Gasteiger partial charge in [-0.2, -0.15) is 0 Å². The Morgan fingerprint density at radius 1 is 1.24 bits per heavy atom. The normalized spacial score (nSPS) is 18.4. The van der Waals surface area contributed by atoms with Crippen molar-refractivity contribution in [3.8, 4) is 0 Å². The molecule has 0 spiro atoms. The Morgan fingerprint density at radius 2 is 1.95 bits per heavy atom. The van der Waals surface area contributed by atoms with Crippen LogP contribution in [0.1, 0.15) is 24.8 Å². The van der Waals surface area contributed by atoms with Gasteiger partial charge in [0.25, 0.3) is 0 Å². The van der Waals surface area contributed by atoms with E-state index in [1.165, 1.54) is 12.1 Å². The Balaban J connectivity index is 1.80. The second-order valence-electron chi connectivity index (χ2n) is 5.21. The van der Waals surface area contributed by atoms with Crippen LogP contribution in [0.4, 0.5) is 0 Å². The van der Waals surface area contributed by atoms with Crippen molar-refractivity contribution in [2.45, 2.75) is 30.6 Å². The van der Waals surface area contributed by atoms with Gasteiger partial charge < -0.3 is 5.32 Å². The van der Waals surface area contributed by atoms with E-state index in [9.17, 15) is 13.2 Å². The molecular formula is C15H20N2O3S. The summed E-state index contributed by atoms with van der Waals surface area (Å²) in [7, 11) is -3.64. The van der Waals surface area contributed by atoms with Gasteiger partial charge in [-0.15, -0.1) is 0 Å². The highest BCUT2D eigenvalue weighted by Gasteiger charge is 2.17. The third-order valence-electron chi connectivity index (χ3n) is 3.60. The SMILES string of the molecule is NS(=O)(=O)c1ccc(CCNC(=O)[C@@H]2CC=CCC2)cc1. The Bertz CT molecular complexity index is 621. The molecule has 1 aliphatic rings. The minimum absolute atomic E-state index is 0.0831. The second kappa shape index (κ2) is 6.87. The molecule has 21 heavy (non-hydrogen) atoms. The van der Waals surface area contributed by atoms with Gasteiger partial charge in [-0.3, -0.25) is 4.79 Å². The molecule has 5 nitrogen and oxygen atoms in total. The van der Waals surface area contributed by atoms with Gasteiger partial charge in [-0.25, -0.2) is 13.6 Å². The monoisotopic (exact) mass is 308 g/mol. The molecule has 0 unspecified atom stereocenters.